The molecule has 7 heteroatoms. The van der Waals surface area contributed by atoms with Gasteiger partial charge in [0.1, 0.15) is 6.73 Å². The van der Waals surface area contributed by atoms with E-state index in [1.807, 2.05) is 18.7 Å². The summed E-state index contributed by atoms with van der Waals surface area (Å²) in [5.41, 5.74) is 0. The Morgan fingerprint density at radius 2 is 2.17 bits per heavy atom. The quantitative estimate of drug-likeness (QED) is 0.583. The van der Waals surface area contributed by atoms with Crippen LogP contribution in [-0.2, 0) is 9.53 Å². The lowest BCUT2D eigenvalue weighted by atomic mass is 10.0. The number of halogens is 3. The van der Waals surface area contributed by atoms with Crippen molar-refractivity contribution in [1.29, 1.82) is 0 Å². The van der Waals surface area contributed by atoms with Crippen molar-refractivity contribution in [2.24, 2.45) is 5.92 Å². The second-order valence-corrected chi connectivity index (χ2v) is 4.84. The molecule has 2 atom stereocenters. The molecule has 0 bridgehead atoms. The second-order valence-electron chi connectivity index (χ2n) is 4.84. The highest BCUT2D eigenvalue weighted by molar-refractivity contribution is 5.36. The predicted molar refractivity (Wildman–Crippen MR) is 59.8 cm³/mol. The van der Waals surface area contributed by atoms with Crippen LogP contribution in [0.1, 0.15) is 20.3 Å². The van der Waals surface area contributed by atoms with Gasteiger partial charge in [-0.1, -0.05) is 0 Å². The van der Waals surface area contributed by atoms with E-state index >= 15 is 0 Å². The minimum absolute atomic E-state index is 0.0331. The number of nitrogens with zero attached hydrogens (tertiary/aromatic N) is 1. The zero-order valence-corrected chi connectivity index (χ0v) is 10.5. The maximum atomic E-state index is 12.5. The van der Waals surface area contributed by atoms with E-state index in [-0.39, 0.29) is 31.8 Å². The van der Waals surface area contributed by atoms with Crippen molar-refractivity contribution >= 4 is 6.47 Å². The number of hydrogen-bond acceptors (Lipinski definition) is 4. The molecule has 1 fully saturated rings. The highest BCUT2D eigenvalue weighted by Crippen LogP contribution is 2.32. The number of ether oxygens (including phenoxy) is 1. The SMILES string of the molecule is CC(C)N(COC=O)CC1CC(C(F)(F)F)CN1. The Bertz CT molecular complexity index is 272. The zero-order chi connectivity index (χ0) is 13.8. The molecule has 0 aliphatic carbocycles. The number of carbonyl (C=O) groups is 1. The van der Waals surface area contributed by atoms with Crippen LogP contribution in [0.3, 0.4) is 0 Å². The van der Waals surface area contributed by atoms with Crippen molar-refractivity contribution < 1.29 is 22.7 Å². The molecular weight excluding hydrogens is 249 g/mol. The monoisotopic (exact) mass is 268 g/mol. The number of rotatable bonds is 6. The lowest BCUT2D eigenvalue weighted by Crippen LogP contribution is -2.42. The second kappa shape index (κ2) is 6.38. The molecule has 2 unspecified atom stereocenters. The van der Waals surface area contributed by atoms with Gasteiger partial charge in [-0.05, 0) is 20.3 Å². The van der Waals surface area contributed by atoms with Crippen LogP contribution in [0.2, 0.25) is 0 Å². The third-order valence-corrected chi connectivity index (χ3v) is 3.18. The fourth-order valence-corrected chi connectivity index (χ4v) is 2.03. The molecule has 18 heavy (non-hydrogen) atoms. The van der Waals surface area contributed by atoms with Gasteiger partial charge in [-0.15, -0.1) is 0 Å². The molecule has 1 aliphatic heterocycles. The molecule has 1 aliphatic rings. The highest BCUT2D eigenvalue weighted by atomic mass is 19.4. The Labute approximate surface area is 104 Å². The van der Waals surface area contributed by atoms with Gasteiger partial charge in [0, 0.05) is 25.2 Å². The zero-order valence-electron chi connectivity index (χ0n) is 10.5. The summed E-state index contributed by atoms with van der Waals surface area (Å²) in [4.78, 5) is 12.0. The van der Waals surface area contributed by atoms with Crippen molar-refractivity contribution in [2.75, 3.05) is 19.8 Å². The summed E-state index contributed by atoms with van der Waals surface area (Å²) in [5, 5.41) is 2.87. The molecule has 0 spiro atoms. The van der Waals surface area contributed by atoms with Gasteiger partial charge in [-0.2, -0.15) is 13.2 Å². The number of nitrogens with one attached hydrogen (secondary N) is 1. The van der Waals surface area contributed by atoms with Crippen molar-refractivity contribution in [3.05, 3.63) is 0 Å². The normalized spacial score (nSPS) is 24.8. The van der Waals surface area contributed by atoms with E-state index in [1.165, 1.54) is 0 Å². The lowest BCUT2D eigenvalue weighted by molar-refractivity contribution is -0.169. The number of alkyl halides is 3. The Hall–Kier alpha value is -0.820. The molecule has 0 radical (unpaired) electrons. The Balaban J connectivity index is 2.44. The standard InChI is InChI=1S/C11H19F3N2O2/c1-8(2)16(6-18-7-17)5-10-3-9(4-15-10)11(12,13)14/h7-10,15H,3-6H2,1-2H3. The van der Waals surface area contributed by atoms with E-state index in [0.29, 0.717) is 13.0 Å². The fourth-order valence-electron chi connectivity index (χ4n) is 2.03. The average Bonchev–Trinajstić information content (AvgIpc) is 2.71. The first-order chi connectivity index (χ1) is 8.34. The lowest BCUT2D eigenvalue weighted by Gasteiger charge is -2.28. The van der Waals surface area contributed by atoms with E-state index < -0.39 is 12.1 Å². The third-order valence-electron chi connectivity index (χ3n) is 3.18. The molecule has 0 saturated carbocycles. The first-order valence-corrected chi connectivity index (χ1v) is 5.94. The summed E-state index contributed by atoms with van der Waals surface area (Å²) >= 11 is 0. The van der Waals surface area contributed by atoms with Crippen LogP contribution in [0.15, 0.2) is 0 Å². The Kier molecular flexibility index (Phi) is 5.40. The molecule has 1 saturated heterocycles. The Morgan fingerprint density at radius 1 is 1.50 bits per heavy atom. The fraction of sp³-hybridized carbons (Fsp3) is 0.909. The van der Waals surface area contributed by atoms with Gasteiger partial charge in [0.15, 0.2) is 0 Å². The van der Waals surface area contributed by atoms with Crippen LogP contribution in [0.4, 0.5) is 13.2 Å². The molecular formula is C11H19F3N2O2. The third kappa shape index (κ3) is 4.45. The summed E-state index contributed by atoms with van der Waals surface area (Å²) in [7, 11) is 0. The molecule has 0 aromatic rings. The molecule has 1 rings (SSSR count). The summed E-state index contributed by atoms with van der Waals surface area (Å²) in [6.07, 6.45) is -4.06. The van der Waals surface area contributed by atoms with Gasteiger partial charge in [-0.3, -0.25) is 9.69 Å². The molecule has 0 aromatic carbocycles. The van der Waals surface area contributed by atoms with E-state index in [4.69, 9.17) is 0 Å². The van der Waals surface area contributed by atoms with E-state index in [2.05, 4.69) is 10.1 Å². The first-order valence-electron chi connectivity index (χ1n) is 5.94. The minimum Gasteiger partial charge on any atom is -0.452 e. The van der Waals surface area contributed by atoms with E-state index in [1.54, 1.807) is 0 Å². The molecule has 1 heterocycles. The van der Waals surface area contributed by atoms with Crippen LogP contribution >= 0.6 is 0 Å². The van der Waals surface area contributed by atoms with Crippen molar-refractivity contribution in [3.63, 3.8) is 0 Å². The minimum atomic E-state index is -4.14. The van der Waals surface area contributed by atoms with E-state index in [9.17, 15) is 18.0 Å². The van der Waals surface area contributed by atoms with Gasteiger partial charge in [-0.25, -0.2) is 0 Å². The summed E-state index contributed by atoms with van der Waals surface area (Å²) in [6.45, 7) is 4.67. The molecule has 106 valence electrons. The number of carbonyl (C=O) groups excluding carboxylic acids is 1. The number of hydrogen-bond donors (Lipinski definition) is 1. The molecule has 0 aromatic heterocycles. The largest absolute Gasteiger partial charge is 0.452 e. The maximum absolute atomic E-state index is 12.5. The summed E-state index contributed by atoms with van der Waals surface area (Å²) < 4.78 is 42.2. The molecule has 4 nitrogen and oxygen atoms in total. The van der Waals surface area contributed by atoms with Gasteiger partial charge in [0.2, 0.25) is 0 Å². The van der Waals surface area contributed by atoms with Crippen LogP contribution in [0.25, 0.3) is 0 Å². The van der Waals surface area contributed by atoms with Crippen LogP contribution in [0.5, 0.6) is 0 Å². The maximum Gasteiger partial charge on any atom is 0.393 e. The topological polar surface area (TPSA) is 41.6 Å². The van der Waals surface area contributed by atoms with Gasteiger partial charge >= 0.3 is 6.18 Å². The van der Waals surface area contributed by atoms with E-state index in [0.717, 1.165) is 0 Å². The van der Waals surface area contributed by atoms with Gasteiger partial charge < -0.3 is 10.1 Å². The Morgan fingerprint density at radius 3 is 2.61 bits per heavy atom. The predicted octanol–water partition coefficient (Wildman–Crippen LogP) is 1.37. The molecule has 0 amide bonds. The van der Waals surface area contributed by atoms with Gasteiger partial charge in [0.05, 0.1) is 5.92 Å². The highest BCUT2D eigenvalue weighted by Gasteiger charge is 2.44. The average molecular weight is 268 g/mol. The van der Waals surface area contributed by atoms with Crippen molar-refractivity contribution in [1.82, 2.24) is 10.2 Å². The van der Waals surface area contributed by atoms with Crippen LogP contribution in [-0.4, -0.2) is 49.5 Å². The smallest absolute Gasteiger partial charge is 0.393 e. The van der Waals surface area contributed by atoms with Gasteiger partial charge in [0.25, 0.3) is 6.47 Å². The molecule has 1 N–H and O–H groups in total. The summed E-state index contributed by atoms with van der Waals surface area (Å²) in [6, 6.07) is -0.106. The van der Waals surface area contributed by atoms with Crippen LogP contribution < -0.4 is 5.32 Å². The van der Waals surface area contributed by atoms with Crippen molar-refractivity contribution in [2.45, 2.75) is 38.5 Å². The summed E-state index contributed by atoms with van der Waals surface area (Å²) in [5.74, 6) is -1.27. The first kappa shape index (κ1) is 15.2. The van der Waals surface area contributed by atoms with Crippen LogP contribution in [0, 0.1) is 5.92 Å². The van der Waals surface area contributed by atoms with Crippen molar-refractivity contribution in [3.8, 4) is 0 Å².